The molecule has 7 nitrogen and oxygen atoms in total. The molecule has 3 aliphatic rings. The number of fused-ring (bicyclic) bond motifs is 1. The first-order valence-electron chi connectivity index (χ1n) is 7.50. The molecule has 7 heteroatoms. The molecule has 0 bridgehead atoms. The summed E-state index contributed by atoms with van der Waals surface area (Å²) >= 11 is 0. The number of aryl methyl sites for hydroxylation is 1. The van der Waals surface area contributed by atoms with E-state index in [1.54, 1.807) is 0 Å². The van der Waals surface area contributed by atoms with E-state index in [0.29, 0.717) is 12.4 Å². The lowest BCUT2D eigenvalue weighted by Gasteiger charge is -2.28. The topological polar surface area (TPSA) is 83.8 Å². The number of hydrogen-bond donors (Lipinski definition) is 2. The van der Waals surface area contributed by atoms with Crippen molar-refractivity contribution >= 4 is 11.7 Å². The summed E-state index contributed by atoms with van der Waals surface area (Å²) in [5.74, 6) is 1.26. The third-order valence-electron chi connectivity index (χ3n) is 4.19. The zero-order chi connectivity index (χ0) is 15.1. The van der Waals surface area contributed by atoms with E-state index in [2.05, 4.69) is 37.6 Å². The van der Waals surface area contributed by atoms with Crippen LogP contribution in [0.25, 0.3) is 0 Å². The number of nitrogens with one attached hydrogen (secondary N) is 1. The second-order valence-corrected chi connectivity index (χ2v) is 5.74. The molecule has 0 spiro atoms. The number of rotatable bonds is 2. The van der Waals surface area contributed by atoms with Gasteiger partial charge in [0, 0.05) is 31.6 Å². The monoisotopic (exact) mass is 297 g/mol. The van der Waals surface area contributed by atoms with Crippen LogP contribution in [0.1, 0.15) is 18.0 Å². The van der Waals surface area contributed by atoms with E-state index in [1.165, 1.54) is 5.57 Å². The summed E-state index contributed by atoms with van der Waals surface area (Å²) < 4.78 is 1.81. The molecule has 22 heavy (non-hydrogen) atoms. The molecule has 0 fully saturated rings. The largest absolute Gasteiger partial charge is 0.381 e. The van der Waals surface area contributed by atoms with Gasteiger partial charge in [0.05, 0.1) is 24.5 Å². The highest BCUT2D eigenvalue weighted by molar-refractivity contribution is 6.41. The molecule has 0 radical (unpaired) electrons. The molecule has 114 valence electrons. The molecule has 0 amide bonds. The summed E-state index contributed by atoms with van der Waals surface area (Å²) in [6, 6.07) is 0.143. The third kappa shape index (κ3) is 2.14. The van der Waals surface area contributed by atoms with Crippen molar-refractivity contribution in [2.45, 2.75) is 12.5 Å². The van der Waals surface area contributed by atoms with Gasteiger partial charge in [-0.1, -0.05) is 6.08 Å². The van der Waals surface area contributed by atoms with E-state index >= 15 is 0 Å². The Balaban J connectivity index is 1.69. The van der Waals surface area contributed by atoms with Gasteiger partial charge in [-0.3, -0.25) is 9.67 Å². The molecular weight excluding hydrogens is 278 g/mol. The molecule has 3 N–H and O–H groups in total. The lowest BCUT2D eigenvalue weighted by Crippen LogP contribution is -2.39. The Kier molecular flexibility index (Phi) is 3.07. The van der Waals surface area contributed by atoms with Gasteiger partial charge in [0.1, 0.15) is 0 Å². The molecule has 1 aromatic rings. The quantitative estimate of drug-likeness (QED) is 0.823. The fourth-order valence-electron chi connectivity index (χ4n) is 3.07. The predicted molar refractivity (Wildman–Crippen MR) is 85.4 cm³/mol. The Bertz CT molecular complexity index is 722. The fourth-order valence-corrected chi connectivity index (χ4v) is 3.07. The van der Waals surface area contributed by atoms with Gasteiger partial charge in [0.15, 0.2) is 11.7 Å². The maximum atomic E-state index is 6.13. The van der Waals surface area contributed by atoms with Crippen LogP contribution >= 0.6 is 0 Å². The summed E-state index contributed by atoms with van der Waals surface area (Å²) in [6.45, 7) is 2.53. The Morgan fingerprint density at radius 1 is 1.41 bits per heavy atom. The van der Waals surface area contributed by atoms with Crippen molar-refractivity contribution in [1.29, 1.82) is 0 Å². The van der Waals surface area contributed by atoms with Gasteiger partial charge < -0.3 is 16.0 Å². The number of nitrogens with two attached hydrogens (primary N) is 1. The lowest BCUT2D eigenvalue weighted by atomic mass is 10.1. The second-order valence-electron chi connectivity index (χ2n) is 5.74. The van der Waals surface area contributed by atoms with Crippen LogP contribution in [0.15, 0.2) is 45.9 Å². The van der Waals surface area contributed by atoms with Crippen LogP contribution in [0.5, 0.6) is 0 Å². The first kappa shape index (κ1) is 13.3. The van der Waals surface area contributed by atoms with Gasteiger partial charge in [-0.05, 0) is 18.5 Å². The first-order chi connectivity index (χ1) is 10.7. The van der Waals surface area contributed by atoms with Crippen molar-refractivity contribution in [3.63, 3.8) is 0 Å². The zero-order valence-corrected chi connectivity index (χ0v) is 12.5. The fraction of sp³-hybridized carbons (Fsp3) is 0.400. The second kappa shape index (κ2) is 5.10. The molecule has 1 atom stereocenters. The molecule has 4 rings (SSSR count). The number of amidine groups is 2. The predicted octanol–water partition coefficient (Wildman–Crippen LogP) is 0.307. The minimum Gasteiger partial charge on any atom is -0.381 e. The van der Waals surface area contributed by atoms with Crippen LogP contribution in [0.2, 0.25) is 0 Å². The van der Waals surface area contributed by atoms with Crippen molar-refractivity contribution in [1.82, 2.24) is 20.0 Å². The zero-order valence-electron chi connectivity index (χ0n) is 12.5. The first-order valence-corrected chi connectivity index (χ1v) is 7.50. The van der Waals surface area contributed by atoms with Crippen LogP contribution in [0.3, 0.4) is 0 Å². The summed E-state index contributed by atoms with van der Waals surface area (Å²) in [5, 5.41) is 7.63. The highest BCUT2D eigenvalue weighted by atomic mass is 15.3. The van der Waals surface area contributed by atoms with Crippen LogP contribution in [-0.4, -0.2) is 46.0 Å². The summed E-state index contributed by atoms with van der Waals surface area (Å²) in [6.07, 6.45) is 9.24. The Morgan fingerprint density at radius 2 is 2.32 bits per heavy atom. The molecule has 3 aliphatic heterocycles. The van der Waals surface area contributed by atoms with E-state index in [0.717, 1.165) is 36.6 Å². The number of aliphatic imine (C=N–C) groups is 2. The van der Waals surface area contributed by atoms with E-state index in [4.69, 9.17) is 5.73 Å². The van der Waals surface area contributed by atoms with E-state index in [1.807, 2.05) is 24.1 Å². The minimum atomic E-state index is 0.143. The van der Waals surface area contributed by atoms with Gasteiger partial charge in [-0.15, -0.1) is 0 Å². The molecule has 0 aliphatic carbocycles. The highest BCUT2D eigenvalue weighted by Crippen LogP contribution is 2.31. The Hall–Kier alpha value is -2.41. The number of aromatic nitrogens is 2. The maximum Gasteiger partial charge on any atom is 0.171 e. The van der Waals surface area contributed by atoms with Gasteiger partial charge in [-0.2, -0.15) is 5.10 Å². The summed E-state index contributed by atoms with van der Waals surface area (Å²) in [7, 11) is 1.92. The van der Waals surface area contributed by atoms with Crippen molar-refractivity contribution < 1.29 is 0 Å². The van der Waals surface area contributed by atoms with Gasteiger partial charge >= 0.3 is 0 Å². The molecule has 4 heterocycles. The maximum absolute atomic E-state index is 6.13. The molecule has 0 saturated heterocycles. The van der Waals surface area contributed by atoms with Gasteiger partial charge in [0.2, 0.25) is 0 Å². The molecule has 1 unspecified atom stereocenters. The SMILES string of the molecule is Cn1cc(C2CN=C3C(N)=NC(C4=CCCNC4)=CN32)cn1. The average molecular weight is 297 g/mol. The Morgan fingerprint density at radius 3 is 3.05 bits per heavy atom. The summed E-state index contributed by atoms with van der Waals surface area (Å²) in [5.41, 5.74) is 9.40. The number of nitrogens with zero attached hydrogens (tertiary/aromatic N) is 5. The van der Waals surface area contributed by atoms with Gasteiger partial charge in [-0.25, -0.2) is 4.99 Å². The van der Waals surface area contributed by atoms with E-state index in [-0.39, 0.29) is 6.04 Å². The van der Waals surface area contributed by atoms with Gasteiger partial charge in [0.25, 0.3) is 0 Å². The van der Waals surface area contributed by atoms with Crippen molar-refractivity contribution in [2.75, 3.05) is 19.6 Å². The average Bonchev–Trinajstić information content (AvgIpc) is 3.14. The van der Waals surface area contributed by atoms with Crippen LogP contribution in [0, 0.1) is 0 Å². The molecule has 1 aromatic heterocycles. The smallest absolute Gasteiger partial charge is 0.171 e. The van der Waals surface area contributed by atoms with E-state index < -0.39 is 0 Å². The van der Waals surface area contributed by atoms with E-state index in [9.17, 15) is 0 Å². The van der Waals surface area contributed by atoms with Crippen LogP contribution in [0.4, 0.5) is 0 Å². The molecule has 0 saturated carbocycles. The highest BCUT2D eigenvalue weighted by Gasteiger charge is 2.33. The van der Waals surface area contributed by atoms with Crippen LogP contribution < -0.4 is 11.1 Å². The standard InChI is InChI=1S/C15H19N7/c1-21-8-11(6-19-21)13-7-18-15-14(16)20-12(9-22(13)15)10-3-2-4-17-5-10/h3,6,8-9,13,17H,2,4-5,7H2,1H3,(H2,16,20). The molecule has 0 aromatic carbocycles. The Labute approximate surface area is 128 Å². The minimum absolute atomic E-state index is 0.143. The van der Waals surface area contributed by atoms with Crippen molar-refractivity contribution in [2.24, 2.45) is 22.8 Å². The third-order valence-corrected chi connectivity index (χ3v) is 4.19. The van der Waals surface area contributed by atoms with Crippen LogP contribution in [-0.2, 0) is 7.05 Å². The molecular formula is C15H19N7. The lowest BCUT2D eigenvalue weighted by molar-refractivity contribution is 0.454. The normalized spacial score (nSPS) is 24.4. The van der Waals surface area contributed by atoms with Crippen molar-refractivity contribution in [3.8, 4) is 0 Å². The van der Waals surface area contributed by atoms with Crippen molar-refractivity contribution in [3.05, 3.63) is 41.5 Å². The number of hydrogen-bond acceptors (Lipinski definition) is 6. The summed E-state index contributed by atoms with van der Waals surface area (Å²) in [4.78, 5) is 11.2.